The van der Waals surface area contributed by atoms with E-state index in [0.717, 1.165) is 12.8 Å². The summed E-state index contributed by atoms with van der Waals surface area (Å²) in [7, 11) is 1.58. The van der Waals surface area contributed by atoms with E-state index in [0.29, 0.717) is 12.0 Å². The number of carbonyl (C=O) groups is 1. The molecule has 0 radical (unpaired) electrons. The third kappa shape index (κ3) is 4.16. The minimum atomic E-state index is -0.129. The van der Waals surface area contributed by atoms with Crippen LogP contribution < -0.4 is 21.9 Å². The summed E-state index contributed by atoms with van der Waals surface area (Å²) in [6.07, 6.45) is 4.76. The quantitative estimate of drug-likeness (QED) is 0.211. The molecule has 0 aliphatic heterocycles. The molecule has 6 nitrogen and oxygen atoms in total. The van der Waals surface area contributed by atoms with Crippen LogP contribution in [0.1, 0.15) is 25.7 Å². The zero-order chi connectivity index (χ0) is 11.1. The molecule has 0 atom stereocenters. The number of guanidine groups is 1. The molecule has 0 aromatic rings. The molecule has 1 aliphatic carbocycles. The number of rotatable bonds is 3. The standard InChI is InChI=1S/C9H19N5O/c1-11-8(15)6-12-9(14-10)13-7-4-2-3-5-7/h7H,2-6,10H2,1H3,(H,11,15)(H2,12,13,14). The molecule has 1 saturated carbocycles. The fourth-order valence-electron chi connectivity index (χ4n) is 1.63. The lowest BCUT2D eigenvalue weighted by Crippen LogP contribution is -2.46. The van der Waals surface area contributed by atoms with E-state index in [4.69, 9.17) is 5.84 Å². The Balaban J connectivity index is 2.36. The SMILES string of the molecule is CNC(=O)CN=C(NN)NC1CCCC1. The van der Waals surface area contributed by atoms with Crippen LogP contribution in [0.5, 0.6) is 0 Å². The molecule has 0 heterocycles. The van der Waals surface area contributed by atoms with Crippen LogP contribution >= 0.6 is 0 Å². The third-order valence-electron chi connectivity index (χ3n) is 2.49. The van der Waals surface area contributed by atoms with Crippen molar-refractivity contribution in [1.82, 2.24) is 16.1 Å². The topological polar surface area (TPSA) is 91.5 Å². The van der Waals surface area contributed by atoms with Crippen molar-refractivity contribution in [3.8, 4) is 0 Å². The Morgan fingerprint density at radius 2 is 2.13 bits per heavy atom. The molecule has 0 unspecified atom stereocenters. The van der Waals surface area contributed by atoms with Gasteiger partial charge in [0.2, 0.25) is 11.9 Å². The van der Waals surface area contributed by atoms with Crippen molar-refractivity contribution >= 4 is 11.9 Å². The Kier molecular flexibility index (Phi) is 4.89. The second kappa shape index (κ2) is 6.23. The highest BCUT2D eigenvalue weighted by Gasteiger charge is 2.15. The lowest BCUT2D eigenvalue weighted by Gasteiger charge is -2.14. The Morgan fingerprint density at radius 1 is 1.47 bits per heavy atom. The second-order valence-electron chi connectivity index (χ2n) is 3.61. The van der Waals surface area contributed by atoms with Gasteiger partial charge in [0, 0.05) is 13.1 Å². The van der Waals surface area contributed by atoms with Crippen LogP contribution in [-0.2, 0) is 4.79 Å². The molecule has 0 aromatic carbocycles. The molecule has 6 heteroatoms. The fourth-order valence-corrected chi connectivity index (χ4v) is 1.63. The smallest absolute Gasteiger partial charge is 0.241 e. The molecule has 0 bridgehead atoms. The summed E-state index contributed by atoms with van der Waals surface area (Å²) < 4.78 is 0. The number of aliphatic imine (C=N–C) groups is 1. The van der Waals surface area contributed by atoms with Crippen molar-refractivity contribution in [3.63, 3.8) is 0 Å². The second-order valence-corrected chi connectivity index (χ2v) is 3.61. The van der Waals surface area contributed by atoms with E-state index in [1.807, 2.05) is 0 Å². The molecule has 1 rings (SSSR count). The zero-order valence-corrected chi connectivity index (χ0v) is 9.05. The van der Waals surface area contributed by atoms with E-state index < -0.39 is 0 Å². The van der Waals surface area contributed by atoms with Gasteiger partial charge in [-0.15, -0.1) is 0 Å². The van der Waals surface area contributed by atoms with Gasteiger partial charge in [0.1, 0.15) is 6.54 Å². The molecule has 86 valence electrons. The molecule has 5 N–H and O–H groups in total. The number of hydrogen-bond acceptors (Lipinski definition) is 3. The highest BCUT2D eigenvalue weighted by atomic mass is 16.1. The summed E-state index contributed by atoms with van der Waals surface area (Å²) in [6, 6.07) is 0.435. The lowest BCUT2D eigenvalue weighted by atomic mass is 10.2. The molecule has 0 saturated heterocycles. The van der Waals surface area contributed by atoms with E-state index >= 15 is 0 Å². The van der Waals surface area contributed by atoms with Gasteiger partial charge in [0.15, 0.2) is 0 Å². The van der Waals surface area contributed by atoms with Crippen molar-refractivity contribution in [3.05, 3.63) is 0 Å². The van der Waals surface area contributed by atoms with E-state index in [1.165, 1.54) is 12.8 Å². The van der Waals surface area contributed by atoms with Crippen molar-refractivity contribution in [1.29, 1.82) is 0 Å². The van der Waals surface area contributed by atoms with Gasteiger partial charge in [0.05, 0.1) is 0 Å². The maximum Gasteiger partial charge on any atom is 0.241 e. The van der Waals surface area contributed by atoms with Crippen LogP contribution in [0.2, 0.25) is 0 Å². The van der Waals surface area contributed by atoms with Crippen LogP contribution in [0.4, 0.5) is 0 Å². The predicted octanol–water partition coefficient (Wildman–Crippen LogP) is -0.916. The first-order valence-corrected chi connectivity index (χ1v) is 5.24. The first kappa shape index (κ1) is 11.8. The number of likely N-dealkylation sites (N-methyl/N-ethyl adjacent to an activating group) is 1. The molecule has 1 aliphatic rings. The minimum absolute atomic E-state index is 0.0930. The number of nitrogens with zero attached hydrogens (tertiary/aromatic N) is 1. The normalized spacial score (nSPS) is 17.6. The number of hydrogen-bond donors (Lipinski definition) is 4. The van der Waals surface area contributed by atoms with E-state index in [9.17, 15) is 4.79 Å². The van der Waals surface area contributed by atoms with Gasteiger partial charge >= 0.3 is 0 Å². The van der Waals surface area contributed by atoms with Crippen LogP contribution in [0.15, 0.2) is 4.99 Å². The van der Waals surface area contributed by atoms with Gasteiger partial charge in [-0.25, -0.2) is 10.8 Å². The third-order valence-corrected chi connectivity index (χ3v) is 2.49. The van der Waals surface area contributed by atoms with Crippen molar-refractivity contribution in [2.24, 2.45) is 10.8 Å². The van der Waals surface area contributed by atoms with Gasteiger partial charge in [-0.2, -0.15) is 0 Å². The molecule has 1 amide bonds. The number of hydrazine groups is 1. The van der Waals surface area contributed by atoms with Crippen LogP contribution in [0, 0.1) is 0 Å². The zero-order valence-electron chi connectivity index (χ0n) is 9.05. The molecule has 0 aromatic heterocycles. The first-order valence-electron chi connectivity index (χ1n) is 5.24. The summed E-state index contributed by atoms with van der Waals surface area (Å²) in [5.74, 6) is 5.67. The van der Waals surface area contributed by atoms with Crippen molar-refractivity contribution in [2.75, 3.05) is 13.6 Å². The monoisotopic (exact) mass is 213 g/mol. The predicted molar refractivity (Wildman–Crippen MR) is 59.1 cm³/mol. The first-order chi connectivity index (χ1) is 7.26. The maximum atomic E-state index is 11.0. The molecular weight excluding hydrogens is 194 g/mol. The number of amides is 1. The molecule has 15 heavy (non-hydrogen) atoms. The minimum Gasteiger partial charge on any atom is -0.358 e. The van der Waals surface area contributed by atoms with Gasteiger partial charge < -0.3 is 10.6 Å². The summed E-state index contributed by atoms with van der Waals surface area (Å²) in [5, 5.41) is 5.67. The summed E-state index contributed by atoms with van der Waals surface area (Å²) in [4.78, 5) is 15.0. The van der Waals surface area contributed by atoms with Gasteiger partial charge in [0.25, 0.3) is 0 Å². The average Bonchev–Trinajstić information content (AvgIpc) is 2.76. The van der Waals surface area contributed by atoms with Crippen LogP contribution in [0.3, 0.4) is 0 Å². The van der Waals surface area contributed by atoms with Crippen molar-refractivity contribution < 1.29 is 4.79 Å². The number of nitrogens with one attached hydrogen (secondary N) is 3. The number of carbonyl (C=O) groups excluding carboxylic acids is 1. The van der Waals surface area contributed by atoms with E-state index in [1.54, 1.807) is 7.05 Å². The van der Waals surface area contributed by atoms with Gasteiger partial charge in [-0.05, 0) is 12.8 Å². The Labute approximate surface area is 89.7 Å². The fraction of sp³-hybridized carbons (Fsp3) is 0.778. The van der Waals surface area contributed by atoms with E-state index in [2.05, 4.69) is 21.1 Å². The number of nitrogens with two attached hydrogens (primary N) is 1. The highest BCUT2D eigenvalue weighted by molar-refractivity contribution is 5.84. The molecule has 1 fully saturated rings. The van der Waals surface area contributed by atoms with Gasteiger partial charge in [-0.1, -0.05) is 12.8 Å². The Morgan fingerprint density at radius 3 is 2.67 bits per heavy atom. The van der Waals surface area contributed by atoms with E-state index in [-0.39, 0.29) is 12.5 Å². The van der Waals surface area contributed by atoms with Crippen LogP contribution in [-0.4, -0.2) is 31.5 Å². The largest absolute Gasteiger partial charge is 0.358 e. The highest BCUT2D eigenvalue weighted by Crippen LogP contribution is 2.17. The van der Waals surface area contributed by atoms with Crippen molar-refractivity contribution in [2.45, 2.75) is 31.7 Å². The Bertz CT molecular complexity index is 235. The maximum absolute atomic E-state index is 11.0. The summed E-state index contributed by atoms with van der Waals surface area (Å²) in [5.41, 5.74) is 2.47. The molecule has 0 spiro atoms. The molecular formula is C9H19N5O. The average molecular weight is 213 g/mol. The summed E-state index contributed by atoms with van der Waals surface area (Å²) in [6.45, 7) is 0.0930. The Hall–Kier alpha value is -1.30. The lowest BCUT2D eigenvalue weighted by molar-refractivity contribution is -0.119. The van der Waals surface area contributed by atoms with Crippen LogP contribution in [0.25, 0.3) is 0 Å². The van der Waals surface area contributed by atoms with Gasteiger partial charge in [-0.3, -0.25) is 10.2 Å². The summed E-state index contributed by atoms with van der Waals surface area (Å²) >= 11 is 0.